The lowest BCUT2D eigenvalue weighted by molar-refractivity contribution is -0.150. The molecule has 0 saturated heterocycles. The van der Waals surface area contributed by atoms with Crippen LogP contribution in [0.1, 0.15) is 12.5 Å². The summed E-state index contributed by atoms with van der Waals surface area (Å²) >= 11 is 11.5. The lowest BCUT2D eigenvalue weighted by atomic mass is 10.2. The van der Waals surface area contributed by atoms with Crippen molar-refractivity contribution in [3.05, 3.63) is 28.0 Å². The molecule has 0 amide bonds. The van der Waals surface area contributed by atoms with Crippen molar-refractivity contribution < 1.29 is 14.3 Å². The third kappa shape index (κ3) is 5.81. The third-order valence-electron chi connectivity index (χ3n) is 2.61. The number of hydrogen-bond acceptors (Lipinski definition) is 5. The van der Waals surface area contributed by atoms with Crippen LogP contribution in [0.4, 0.5) is 0 Å². The van der Waals surface area contributed by atoms with Gasteiger partial charge in [0, 0.05) is 7.11 Å². The SMILES string of the molecule is CN[C@H](C(=O)OCc1cc(Cl)nc(Cl)c1)[C@@H](C)OC.Cl. The van der Waals surface area contributed by atoms with Gasteiger partial charge < -0.3 is 14.8 Å². The van der Waals surface area contributed by atoms with Crippen LogP contribution in [0.2, 0.25) is 10.3 Å². The molecule has 0 spiro atoms. The maximum Gasteiger partial charge on any atom is 0.326 e. The second-order valence-corrected chi connectivity index (χ2v) is 4.71. The van der Waals surface area contributed by atoms with E-state index in [9.17, 15) is 4.79 Å². The van der Waals surface area contributed by atoms with E-state index in [2.05, 4.69) is 10.3 Å². The highest BCUT2D eigenvalue weighted by Crippen LogP contribution is 2.15. The van der Waals surface area contributed by atoms with E-state index in [1.54, 1.807) is 26.1 Å². The van der Waals surface area contributed by atoms with Crippen LogP contribution in [0, 0.1) is 0 Å². The van der Waals surface area contributed by atoms with Crippen molar-refractivity contribution in [1.29, 1.82) is 0 Å². The van der Waals surface area contributed by atoms with Crippen LogP contribution in [-0.2, 0) is 20.9 Å². The van der Waals surface area contributed by atoms with Crippen molar-refractivity contribution in [1.82, 2.24) is 10.3 Å². The molecule has 0 unspecified atom stereocenters. The molecule has 0 aliphatic rings. The van der Waals surface area contributed by atoms with E-state index in [1.807, 2.05) is 0 Å². The van der Waals surface area contributed by atoms with Crippen LogP contribution in [-0.4, -0.2) is 37.3 Å². The number of esters is 1. The van der Waals surface area contributed by atoms with Gasteiger partial charge in [-0.2, -0.15) is 0 Å². The Hall–Kier alpha value is -0.590. The second-order valence-electron chi connectivity index (χ2n) is 3.94. The van der Waals surface area contributed by atoms with E-state index < -0.39 is 12.0 Å². The zero-order valence-electron chi connectivity index (χ0n) is 11.4. The number of carbonyl (C=O) groups excluding carboxylic acids is 1. The average molecular weight is 344 g/mol. The summed E-state index contributed by atoms with van der Waals surface area (Å²) in [6, 6.07) is 2.65. The van der Waals surface area contributed by atoms with E-state index in [-0.39, 0.29) is 35.4 Å². The van der Waals surface area contributed by atoms with Crippen molar-refractivity contribution in [3.8, 4) is 0 Å². The van der Waals surface area contributed by atoms with E-state index in [0.717, 1.165) is 0 Å². The lowest BCUT2D eigenvalue weighted by Gasteiger charge is -2.20. The third-order valence-corrected chi connectivity index (χ3v) is 3.00. The molecule has 1 rings (SSSR count). The van der Waals surface area contributed by atoms with Gasteiger partial charge in [-0.1, -0.05) is 23.2 Å². The van der Waals surface area contributed by atoms with E-state index in [0.29, 0.717) is 5.56 Å². The van der Waals surface area contributed by atoms with Crippen LogP contribution in [0.5, 0.6) is 0 Å². The highest BCUT2D eigenvalue weighted by atomic mass is 35.5. The second kappa shape index (κ2) is 9.37. The minimum Gasteiger partial charge on any atom is -0.460 e. The fourth-order valence-corrected chi connectivity index (χ4v) is 2.03. The molecule has 114 valence electrons. The van der Waals surface area contributed by atoms with Crippen LogP contribution in [0.3, 0.4) is 0 Å². The number of nitrogens with zero attached hydrogens (tertiary/aromatic N) is 1. The molecule has 8 heteroatoms. The number of pyridine rings is 1. The van der Waals surface area contributed by atoms with Crippen LogP contribution in [0.25, 0.3) is 0 Å². The number of hydrogen-bond donors (Lipinski definition) is 1. The minimum atomic E-state index is -0.530. The molecule has 0 aromatic carbocycles. The maximum absolute atomic E-state index is 11.9. The van der Waals surface area contributed by atoms with E-state index in [4.69, 9.17) is 32.7 Å². The van der Waals surface area contributed by atoms with Gasteiger partial charge in [0.25, 0.3) is 0 Å². The summed E-state index contributed by atoms with van der Waals surface area (Å²) < 4.78 is 10.3. The molecule has 1 aromatic rings. The largest absolute Gasteiger partial charge is 0.460 e. The van der Waals surface area contributed by atoms with Gasteiger partial charge >= 0.3 is 5.97 Å². The number of nitrogens with one attached hydrogen (secondary N) is 1. The van der Waals surface area contributed by atoms with Gasteiger partial charge in [0.2, 0.25) is 0 Å². The van der Waals surface area contributed by atoms with Crippen LogP contribution in [0.15, 0.2) is 12.1 Å². The lowest BCUT2D eigenvalue weighted by Crippen LogP contribution is -2.44. The molecule has 1 heterocycles. The molecular formula is C12H17Cl3N2O3. The van der Waals surface area contributed by atoms with Crippen molar-refractivity contribution in [3.63, 3.8) is 0 Å². The van der Waals surface area contributed by atoms with Crippen LogP contribution >= 0.6 is 35.6 Å². The molecule has 0 aliphatic carbocycles. The van der Waals surface area contributed by atoms with Gasteiger partial charge in [-0.05, 0) is 31.7 Å². The fraction of sp³-hybridized carbons (Fsp3) is 0.500. The number of halogens is 3. The summed E-state index contributed by atoms with van der Waals surface area (Å²) in [5.74, 6) is -0.402. The number of aromatic nitrogens is 1. The molecule has 0 saturated carbocycles. The van der Waals surface area contributed by atoms with E-state index in [1.165, 1.54) is 7.11 Å². The van der Waals surface area contributed by atoms with Gasteiger partial charge in [-0.3, -0.25) is 4.79 Å². The molecule has 2 atom stereocenters. The predicted molar refractivity (Wildman–Crippen MR) is 80.6 cm³/mol. The summed E-state index contributed by atoms with van der Waals surface area (Å²) in [6.07, 6.45) is -0.290. The van der Waals surface area contributed by atoms with Crippen molar-refractivity contribution >= 4 is 41.6 Å². The topological polar surface area (TPSA) is 60.5 Å². The van der Waals surface area contributed by atoms with E-state index >= 15 is 0 Å². The number of ether oxygens (including phenoxy) is 2. The summed E-state index contributed by atoms with van der Waals surface area (Å²) in [7, 11) is 3.20. The first-order valence-electron chi connectivity index (χ1n) is 5.66. The van der Waals surface area contributed by atoms with Gasteiger partial charge in [-0.15, -0.1) is 12.4 Å². The molecular weight excluding hydrogens is 327 g/mol. The normalized spacial score (nSPS) is 13.2. The fourth-order valence-electron chi connectivity index (χ4n) is 1.52. The first kappa shape index (κ1) is 19.4. The summed E-state index contributed by atoms with van der Waals surface area (Å²) in [5, 5.41) is 3.36. The molecule has 0 aliphatic heterocycles. The standard InChI is InChI=1S/C12H16Cl2N2O3.ClH/c1-7(18-3)11(15-2)12(17)19-6-8-4-9(13)16-10(14)5-8;/h4-5,7,11,15H,6H2,1-3H3;1H/t7-,11+;/m1./s1. The Kier molecular flexibility index (Phi) is 9.09. The first-order chi connectivity index (χ1) is 8.97. The van der Waals surface area contributed by atoms with Crippen molar-refractivity contribution in [2.75, 3.05) is 14.2 Å². The first-order valence-corrected chi connectivity index (χ1v) is 6.42. The zero-order chi connectivity index (χ0) is 14.4. The van der Waals surface area contributed by atoms with Gasteiger partial charge in [0.1, 0.15) is 23.0 Å². The predicted octanol–water partition coefficient (Wildman–Crippen LogP) is 2.48. The molecule has 5 nitrogen and oxygen atoms in total. The smallest absolute Gasteiger partial charge is 0.326 e. The Morgan fingerprint density at radius 2 is 1.95 bits per heavy atom. The van der Waals surface area contributed by atoms with Gasteiger partial charge in [0.15, 0.2) is 0 Å². The summed E-state index contributed by atoms with van der Waals surface area (Å²) in [4.78, 5) is 15.7. The average Bonchev–Trinajstić information content (AvgIpc) is 2.35. The highest BCUT2D eigenvalue weighted by molar-refractivity contribution is 6.32. The van der Waals surface area contributed by atoms with Gasteiger partial charge in [0.05, 0.1) is 6.10 Å². The highest BCUT2D eigenvalue weighted by Gasteiger charge is 2.24. The zero-order valence-corrected chi connectivity index (χ0v) is 13.7. The monoisotopic (exact) mass is 342 g/mol. The number of likely N-dealkylation sites (N-methyl/N-ethyl adjacent to an activating group) is 1. The Labute approximate surface area is 134 Å². The maximum atomic E-state index is 11.9. The molecule has 0 radical (unpaired) electrons. The van der Waals surface area contributed by atoms with Crippen molar-refractivity contribution in [2.24, 2.45) is 0 Å². The summed E-state index contributed by atoms with van der Waals surface area (Å²) in [6.45, 7) is 1.86. The van der Waals surface area contributed by atoms with Gasteiger partial charge in [-0.25, -0.2) is 4.98 Å². The quantitative estimate of drug-likeness (QED) is 0.635. The molecule has 0 fully saturated rings. The minimum absolute atomic E-state index is 0. The Morgan fingerprint density at radius 1 is 1.40 bits per heavy atom. The summed E-state index contributed by atoms with van der Waals surface area (Å²) in [5.41, 5.74) is 0.679. The number of carbonyl (C=O) groups is 1. The molecule has 1 aromatic heterocycles. The molecule has 20 heavy (non-hydrogen) atoms. The Morgan fingerprint density at radius 3 is 2.40 bits per heavy atom. The molecule has 0 bridgehead atoms. The van der Waals surface area contributed by atoms with Crippen molar-refractivity contribution in [2.45, 2.75) is 25.7 Å². The molecule has 1 N–H and O–H groups in total. The number of rotatable bonds is 6. The Bertz CT molecular complexity index is 426. The Balaban J connectivity index is 0.00000361. The van der Waals surface area contributed by atoms with Crippen LogP contribution < -0.4 is 5.32 Å². The number of methoxy groups -OCH3 is 1.